The molecule has 0 aromatic carbocycles. The van der Waals surface area contributed by atoms with Gasteiger partial charge in [0.15, 0.2) is 0 Å². The monoisotopic (exact) mass is 143 g/mol. The van der Waals surface area contributed by atoms with Crippen LogP contribution in [-0.2, 0) is 4.84 Å². The van der Waals surface area contributed by atoms with Crippen LogP contribution in [0.1, 0.15) is 34.1 Å². The maximum Gasteiger partial charge on any atom is 0.114 e. The third kappa shape index (κ3) is 4.36. The molecule has 0 aliphatic rings. The van der Waals surface area contributed by atoms with Gasteiger partial charge in [-0.15, -0.1) is 0 Å². The highest BCUT2D eigenvalue weighted by Crippen LogP contribution is 2.15. The lowest BCUT2D eigenvalue weighted by molar-refractivity contribution is 0.157. The Hall–Kier alpha value is -0.530. The highest BCUT2D eigenvalue weighted by Gasteiger charge is 2.10. The predicted octanol–water partition coefficient (Wildman–Crippen LogP) is 2.44. The summed E-state index contributed by atoms with van der Waals surface area (Å²) in [6.45, 7) is 8.98. The van der Waals surface area contributed by atoms with E-state index in [0.29, 0.717) is 6.61 Å². The molecule has 2 nitrogen and oxygen atoms in total. The van der Waals surface area contributed by atoms with Crippen molar-refractivity contribution in [2.45, 2.75) is 34.1 Å². The van der Waals surface area contributed by atoms with Gasteiger partial charge in [0, 0.05) is 11.6 Å². The molecule has 0 N–H and O–H groups in total. The lowest BCUT2D eigenvalue weighted by Gasteiger charge is -2.14. The first kappa shape index (κ1) is 9.47. The molecule has 0 aliphatic carbocycles. The molecule has 0 fully saturated rings. The van der Waals surface area contributed by atoms with E-state index < -0.39 is 0 Å². The van der Waals surface area contributed by atoms with Crippen LogP contribution in [0.5, 0.6) is 0 Å². The number of rotatable bonds is 4. The van der Waals surface area contributed by atoms with Crippen molar-refractivity contribution in [1.82, 2.24) is 0 Å². The Morgan fingerprint density at radius 1 is 1.40 bits per heavy atom. The van der Waals surface area contributed by atoms with Gasteiger partial charge in [-0.2, -0.15) is 0 Å². The van der Waals surface area contributed by atoms with E-state index in [0.717, 1.165) is 6.42 Å². The standard InChI is InChI=1S/C8H17NO/c1-5-8(3,4)7-9-10-6-2/h7H,5-6H2,1-4H3/b9-7+. The van der Waals surface area contributed by atoms with Gasteiger partial charge in [0.2, 0.25) is 0 Å². The Labute approximate surface area is 63.3 Å². The summed E-state index contributed by atoms with van der Waals surface area (Å²) in [6, 6.07) is 0. The molecule has 0 saturated heterocycles. The van der Waals surface area contributed by atoms with Gasteiger partial charge in [-0.05, 0) is 13.3 Å². The van der Waals surface area contributed by atoms with E-state index in [-0.39, 0.29) is 5.41 Å². The number of oxime groups is 1. The quantitative estimate of drug-likeness (QED) is 0.437. The average molecular weight is 143 g/mol. The van der Waals surface area contributed by atoms with Crippen LogP contribution in [0.2, 0.25) is 0 Å². The molecule has 0 atom stereocenters. The van der Waals surface area contributed by atoms with Gasteiger partial charge in [0.1, 0.15) is 6.61 Å². The highest BCUT2D eigenvalue weighted by atomic mass is 16.6. The van der Waals surface area contributed by atoms with Crippen molar-refractivity contribution in [2.75, 3.05) is 6.61 Å². The van der Waals surface area contributed by atoms with E-state index in [1.54, 1.807) is 0 Å². The number of hydrogen-bond acceptors (Lipinski definition) is 2. The minimum absolute atomic E-state index is 0.176. The molecular weight excluding hydrogens is 126 g/mol. The normalized spacial score (nSPS) is 12.4. The molecule has 0 spiro atoms. The van der Waals surface area contributed by atoms with Gasteiger partial charge in [0.25, 0.3) is 0 Å². The molecule has 10 heavy (non-hydrogen) atoms. The van der Waals surface area contributed by atoms with E-state index in [9.17, 15) is 0 Å². The second kappa shape index (κ2) is 4.31. The lowest BCUT2D eigenvalue weighted by Crippen LogP contribution is -2.11. The van der Waals surface area contributed by atoms with E-state index in [1.807, 2.05) is 13.1 Å². The zero-order chi connectivity index (χ0) is 8.04. The molecular formula is C8H17NO. The third-order valence-corrected chi connectivity index (χ3v) is 1.52. The second-order valence-corrected chi connectivity index (χ2v) is 2.99. The molecule has 0 aliphatic heterocycles. The smallest absolute Gasteiger partial charge is 0.114 e. The summed E-state index contributed by atoms with van der Waals surface area (Å²) in [6.07, 6.45) is 2.94. The van der Waals surface area contributed by atoms with Crippen LogP contribution >= 0.6 is 0 Å². The van der Waals surface area contributed by atoms with Crippen LogP contribution in [0.25, 0.3) is 0 Å². The summed E-state index contributed by atoms with van der Waals surface area (Å²) >= 11 is 0. The fourth-order valence-corrected chi connectivity index (χ4v) is 0.346. The maximum absolute atomic E-state index is 4.84. The number of nitrogens with zero attached hydrogens (tertiary/aromatic N) is 1. The zero-order valence-corrected chi connectivity index (χ0v) is 7.35. The van der Waals surface area contributed by atoms with Gasteiger partial charge in [-0.3, -0.25) is 0 Å². The molecule has 60 valence electrons. The number of hydrogen-bond donors (Lipinski definition) is 0. The average Bonchev–Trinajstić information content (AvgIpc) is 1.89. The van der Waals surface area contributed by atoms with Gasteiger partial charge in [-0.25, -0.2) is 0 Å². The summed E-state index contributed by atoms with van der Waals surface area (Å²) < 4.78 is 0. The fraction of sp³-hybridized carbons (Fsp3) is 0.875. The van der Waals surface area contributed by atoms with Gasteiger partial charge in [0.05, 0.1) is 0 Å². The maximum atomic E-state index is 4.84. The van der Waals surface area contributed by atoms with Crippen molar-refractivity contribution >= 4 is 6.21 Å². The molecule has 0 aromatic heterocycles. The molecule has 0 rings (SSSR count). The SMILES string of the molecule is CCO/N=C/C(C)(C)CC. The Morgan fingerprint density at radius 2 is 2.00 bits per heavy atom. The molecule has 0 unspecified atom stereocenters. The molecule has 0 heterocycles. The molecule has 2 heteroatoms. The van der Waals surface area contributed by atoms with Crippen molar-refractivity contribution in [3.63, 3.8) is 0 Å². The summed E-state index contributed by atoms with van der Waals surface area (Å²) in [5.74, 6) is 0. The van der Waals surface area contributed by atoms with Crippen LogP contribution in [-0.4, -0.2) is 12.8 Å². The Bertz CT molecular complexity index is 108. The van der Waals surface area contributed by atoms with Crippen molar-refractivity contribution in [1.29, 1.82) is 0 Å². The summed E-state index contributed by atoms with van der Waals surface area (Å²) in [5.41, 5.74) is 0.176. The molecule has 0 bridgehead atoms. The predicted molar refractivity (Wildman–Crippen MR) is 44.2 cm³/mol. The van der Waals surface area contributed by atoms with Gasteiger partial charge < -0.3 is 4.84 Å². The van der Waals surface area contributed by atoms with E-state index in [1.165, 1.54) is 0 Å². The first-order valence-electron chi connectivity index (χ1n) is 3.79. The van der Waals surface area contributed by atoms with Crippen molar-refractivity contribution in [3.8, 4) is 0 Å². The minimum Gasteiger partial charge on any atom is -0.396 e. The first-order valence-corrected chi connectivity index (χ1v) is 3.79. The largest absolute Gasteiger partial charge is 0.396 e. The van der Waals surface area contributed by atoms with Crippen molar-refractivity contribution in [2.24, 2.45) is 10.6 Å². The molecule has 0 saturated carbocycles. The topological polar surface area (TPSA) is 21.6 Å². The summed E-state index contributed by atoms with van der Waals surface area (Å²) in [5, 5.41) is 3.81. The minimum atomic E-state index is 0.176. The van der Waals surface area contributed by atoms with Crippen LogP contribution in [0.4, 0.5) is 0 Å². The summed E-state index contributed by atoms with van der Waals surface area (Å²) in [7, 11) is 0. The molecule has 0 aromatic rings. The van der Waals surface area contributed by atoms with E-state index >= 15 is 0 Å². The van der Waals surface area contributed by atoms with Crippen LogP contribution < -0.4 is 0 Å². The highest BCUT2D eigenvalue weighted by molar-refractivity contribution is 5.63. The summed E-state index contributed by atoms with van der Waals surface area (Å²) in [4.78, 5) is 4.84. The molecule has 0 amide bonds. The van der Waals surface area contributed by atoms with Crippen LogP contribution in [0.15, 0.2) is 5.16 Å². The third-order valence-electron chi connectivity index (χ3n) is 1.52. The molecule has 0 radical (unpaired) electrons. The van der Waals surface area contributed by atoms with Crippen LogP contribution in [0, 0.1) is 5.41 Å². The van der Waals surface area contributed by atoms with Gasteiger partial charge >= 0.3 is 0 Å². The van der Waals surface area contributed by atoms with Crippen molar-refractivity contribution < 1.29 is 4.84 Å². The van der Waals surface area contributed by atoms with Gasteiger partial charge in [-0.1, -0.05) is 25.9 Å². The Morgan fingerprint density at radius 3 is 2.40 bits per heavy atom. The lowest BCUT2D eigenvalue weighted by atomic mass is 9.92. The zero-order valence-electron chi connectivity index (χ0n) is 7.35. The second-order valence-electron chi connectivity index (χ2n) is 2.99. The van der Waals surface area contributed by atoms with Crippen LogP contribution in [0.3, 0.4) is 0 Å². The first-order chi connectivity index (χ1) is 4.62. The fourth-order valence-electron chi connectivity index (χ4n) is 0.346. The van der Waals surface area contributed by atoms with E-state index in [4.69, 9.17) is 4.84 Å². The van der Waals surface area contributed by atoms with E-state index in [2.05, 4.69) is 25.9 Å². The van der Waals surface area contributed by atoms with Crippen molar-refractivity contribution in [3.05, 3.63) is 0 Å². The Kier molecular flexibility index (Phi) is 4.08. The Balaban J connectivity index is 3.63.